The molecule has 0 atom stereocenters. The van der Waals surface area contributed by atoms with Gasteiger partial charge < -0.3 is 9.32 Å². The Morgan fingerprint density at radius 1 is 1.53 bits per heavy atom. The van der Waals surface area contributed by atoms with Crippen LogP contribution in [0.1, 0.15) is 12.8 Å². The van der Waals surface area contributed by atoms with Crippen LogP contribution in [0.25, 0.3) is 11.1 Å². The number of hydrogen-bond donors (Lipinski definition) is 0. The molecule has 98 valence electrons. The van der Waals surface area contributed by atoms with Crippen LogP contribution in [0.4, 0.5) is 5.69 Å². The maximum atomic E-state index is 11.4. The summed E-state index contributed by atoms with van der Waals surface area (Å²) in [6.45, 7) is 0.714. The van der Waals surface area contributed by atoms with Crippen LogP contribution >= 0.6 is 0 Å². The van der Waals surface area contributed by atoms with Crippen LogP contribution in [0.15, 0.2) is 27.4 Å². The Morgan fingerprint density at radius 3 is 2.89 bits per heavy atom. The predicted octanol–water partition coefficient (Wildman–Crippen LogP) is 1.87. The van der Waals surface area contributed by atoms with Gasteiger partial charge in [-0.15, -0.1) is 0 Å². The van der Waals surface area contributed by atoms with E-state index in [2.05, 4.69) is 6.07 Å². The van der Waals surface area contributed by atoms with Crippen molar-refractivity contribution in [2.75, 3.05) is 18.5 Å². The van der Waals surface area contributed by atoms with E-state index in [-0.39, 0.29) is 11.2 Å². The van der Waals surface area contributed by atoms with Crippen molar-refractivity contribution in [3.8, 4) is 6.07 Å². The van der Waals surface area contributed by atoms with Gasteiger partial charge in [-0.25, -0.2) is 4.79 Å². The zero-order valence-corrected chi connectivity index (χ0v) is 11.0. The van der Waals surface area contributed by atoms with Crippen LogP contribution in [-0.2, 0) is 7.05 Å². The summed E-state index contributed by atoms with van der Waals surface area (Å²) in [5.41, 5.74) is 2.15. The third-order valence-electron chi connectivity index (χ3n) is 3.85. The lowest BCUT2D eigenvalue weighted by atomic mass is 10.1. The Kier molecular flexibility index (Phi) is 2.42. The quantitative estimate of drug-likeness (QED) is 0.842. The van der Waals surface area contributed by atoms with E-state index in [1.165, 1.54) is 4.57 Å². The lowest BCUT2D eigenvalue weighted by Crippen LogP contribution is -2.25. The molecule has 1 saturated carbocycles. The monoisotopic (exact) mass is 257 g/mol. The van der Waals surface area contributed by atoms with E-state index in [4.69, 9.17) is 9.68 Å². The van der Waals surface area contributed by atoms with E-state index in [0.717, 1.165) is 24.0 Å². The zero-order valence-electron chi connectivity index (χ0n) is 11.0. The molecule has 0 unspecified atom stereocenters. The second kappa shape index (κ2) is 3.89. The van der Waals surface area contributed by atoms with Gasteiger partial charge in [0.25, 0.3) is 0 Å². The van der Waals surface area contributed by atoms with Gasteiger partial charge in [0.2, 0.25) is 0 Å². The van der Waals surface area contributed by atoms with E-state index < -0.39 is 0 Å². The molecule has 19 heavy (non-hydrogen) atoms. The highest BCUT2D eigenvalue weighted by Gasteiger charge is 2.44. The van der Waals surface area contributed by atoms with E-state index in [1.54, 1.807) is 7.05 Å². The number of nitriles is 1. The average molecular weight is 257 g/mol. The number of hydrogen-bond acceptors (Lipinski definition) is 4. The van der Waals surface area contributed by atoms with Crippen molar-refractivity contribution >= 4 is 16.8 Å². The fraction of sp³-hybridized carbons (Fsp3) is 0.429. The van der Waals surface area contributed by atoms with Crippen molar-refractivity contribution in [1.82, 2.24) is 4.57 Å². The Morgan fingerprint density at radius 2 is 2.26 bits per heavy atom. The summed E-state index contributed by atoms with van der Waals surface area (Å²) in [5.74, 6) is -0.356. The molecule has 0 N–H and O–H groups in total. The Balaban J connectivity index is 1.93. The maximum absolute atomic E-state index is 11.4. The molecule has 5 nitrogen and oxygen atoms in total. The molecule has 0 saturated heterocycles. The first-order valence-electron chi connectivity index (χ1n) is 6.27. The van der Waals surface area contributed by atoms with E-state index in [0.29, 0.717) is 12.1 Å². The lowest BCUT2D eigenvalue weighted by Gasteiger charge is -2.21. The molecule has 1 aliphatic carbocycles. The van der Waals surface area contributed by atoms with Gasteiger partial charge in [0, 0.05) is 32.4 Å². The van der Waals surface area contributed by atoms with Crippen LogP contribution in [0, 0.1) is 16.7 Å². The highest BCUT2D eigenvalue weighted by Crippen LogP contribution is 2.45. The summed E-state index contributed by atoms with van der Waals surface area (Å²) < 4.78 is 6.66. The van der Waals surface area contributed by atoms with Gasteiger partial charge >= 0.3 is 5.76 Å². The number of aryl methyl sites for hydroxylation is 1. The molecule has 1 aromatic heterocycles. The topological polar surface area (TPSA) is 62.2 Å². The molecular formula is C14H15N3O2. The number of nitrogens with zero attached hydrogens (tertiary/aromatic N) is 3. The van der Waals surface area contributed by atoms with E-state index in [9.17, 15) is 4.79 Å². The predicted molar refractivity (Wildman–Crippen MR) is 72.0 cm³/mol. The summed E-state index contributed by atoms with van der Waals surface area (Å²) in [6, 6.07) is 8.06. The highest BCUT2D eigenvalue weighted by atomic mass is 16.4. The molecular weight excluding hydrogens is 242 g/mol. The number of oxazole rings is 1. The molecule has 0 radical (unpaired) electrons. The molecule has 0 amide bonds. The third-order valence-corrected chi connectivity index (χ3v) is 3.85. The van der Waals surface area contributed by atoms with Crippen molar-refractivity contribution < 1.29 is 4.42 Å². The standard InChI is InChI=1S/C14H15N3O2/c1-16(9-14(8-15)5-6-14)10-3-4-11-12(7-10)19-13(18)17(11)2/h3-4,7H,5-6,9H2,1-2H3. The minimum absolute atomic E-state index is 0.179. The molecule has 1 aliphatic rings. The third kappa shape index (κ3) is 1.89. The number of aromatic nitrogens is 1. The summed E-state index contributed by atoms with van der Waals surface area (Å²) in [7, 11) is 3.64. The molecule has 5 heteroatoms. The van der Waals surface area contributed by atoms with Gasteiger partial charge in [0.1, 0.15) is 0 Å². The molecule has 0 bridgehead atoms. The van der Waals surface area contributed by atoms with Gasteiger partial charge in [-0.3, -0.25) is 4.57 Å². The summed E-state index contributed by atoms with van der Waals surface area (Å²) in [5, 5.41) is 9.12. The van der Waals surface area contributed by atoms with E-state index >= 15 is 0 Å². The molecule has 1 heterocycles. The second-order valence-electron chi connectivity index (χ2n) is 5.33. The van der Waals surface area contributed by atoms with E-state index in [1.807, 2.05) is 30.1 Å². The lowest BCUT2D eigenvalue weighted by molar-refractivity contribution is 0.528. The molecule has 3 rings (SSSR count). The van der Waals surface area contributed by atoms with Crippen molar-refractivity contribution in [2.24, 2.45) is 12.5 Å². The fourth-order valence-corrected chi connectivity index (χ4v) is 2.36. The summed E-state index contributed by atoms with van der Waals surface area (Å²) in [6.07, 6.45) is 1.94. The molecule has 1 fully saturated rings. The van der Waals surface area contributed by atoms with Crippen molar-refractivity contribution in [2.45, 2.75) is 12.8 Å². The molecule has 0 aliphatic heterocycles. The first-order chi connectivity index (χ1) is 9.04. The number of benzene rings is 1. The van der Waals surface area contributed by atoms with Crippen LogP contribution in [0.3, 0.4) is 0 Å². The zero-order chi connectivity index (χ0) is 13.6. The van der Waals surface area contributed by atoms with Gasteiger partial charge in [-0.2, -0.15) is 5.26 Å². The minimum Gasteiger partial charge on any atom is -0.408 e. The molecule has 2 aromatic rings. The average Bonchev–Trinajstić information content (AvgIpc) is 3.12. The van der Waals surface area contributed by atoms with Crippen molar-refractivity contribution in [3.63, 3.8) is 0 Å². The van der Waals surface area contributed by atoms with Crippen molar-refractivity contribution in [1.29, 1.82) is 5.26 Å². The largest absolute Gasteiger partial charge is 0.419 e. The number of fused-ring (bicyclic) bond motifs is 1. The number of rotatable bonds is 3. The molecule has 1 aromatic carbocycles. The first kappa shape index (κ1) is 11.8. The minimum atomic E-state index is -0.356. The second-order valence-corrected chi connectivity index (χ2v) is 5.33. The summed E-state index contributed by atoms with van der Waals surface area (Å²) in [4.78, 5) is 13.5. The SMILES string of the molecule is CN(CC1(C#N)CC1)c1ccc2c(c1)oc(=O)n2C. The Hall–Kier alpha value is -2.22. The van der Waals surface area contributed by atoms with Gasteiger partial charge in [0.15, 0.2) is 5.58 Å². The maximum Gasteiger partial charge on any atom is 0.419 e. The highest BCUT2D eigenvalue weighted by molar-refractivity contribution is 5.77. The van der Waals surface area contributed by atoms with Gasteiger partial charge in [0.05, 0.1) is 17.0 Å². The first-order valence-corrected chi connectivity index (χ1v) is 6.27. The van der Waals surface area contributed by atoms with Gasteiger partial charge in [-0.05, 0) is 25.0 Å². The van der Waals surface area contributed by atoms with Crippen LogP contribution in [0.2, 0.25) is 0 Å². The smallest absolute Gasteiger partial charge is 0.408 e. The number of anilines is 1. The van der Waals surface area contributed by atoms with Gasteiger partial charge in [-0.1, -0.05) is 0 Å². The summed E-state index contributed by atoms with van der Waals surface area (Å²) >= 11 is 0. The normalized spacial score (nSPS) is 16.3. The Bertz CT molecular complexity index is 731. The van der Waals surface area contributed by atoms with Crippen LogP contribution in [0.5, 0.6) is 0 Å². The Labute approximate surface area is 110 Å². The van der Waals surface area contributed by atoms with Crippen LogP contribution < -0.4 is 10.7 Å². The van der Waals surface area contributed by atoms with Crippen molar-refractivity contribution in [3.05, 3.63) is 28.7 Å². The van der Waals surface area contributed by atoms with Crippen LogP contribution in [-0.4, -0.2) is 18.2 Å². The fourth-order valence-electron chi connectivity index (χ4n) is 2.36. The molecule has 0 spiro atoms.